The number of hydrogen-bond donors (Lipinski definition) is 1. The fraction of sp³-hybridized carbons (Fsp3) is 0.581. The number of benzene rings is 1. The van der Waals surface area contributed by atoms with Gasteiger partial charge in [-0.3, -0.25) is 14.4 Å². The molecule has 5 rings (SSSR count). The van der Waals surface area contributed by atoms with Gasteiger partial charge in [0, 0.05) is 29.1 Å². The zero-order valence-corrected chi connectivity index (χ0v) is 24.6. The molecule has 1 aromatic rings. The van der Waals surface area contributed by atoms with Gasteiger partial charge in [0.1, 0.15) is 6.04 Å². The van der Waals surface area contributed by atoms with E-state index >= 15 is 0 Å². The Morgan fingerprint density at radius 3 is 2.28 bits per heavy atom. The zero-order valence-electron chi connectivity index (χ0n) is 23.8. The summed E-state index contributed by atoms with van der Waals surface area (Å²) < 4.78 is -1.59. The highest BCUT2D eigenvalue weighted by atomic mass is 32.2. The third kappa shape index (κ3) is 4.17. The lowest BCUT2D eigenvalue weighted by Gasteiger charge is -2.43. The van der Waals surface area contributed by atoms with E-state index in [1.807, 2.05) is 95.0 Å². The first-order chi connectivity index (χ1) is 18.4. The molecular formula is C31H41N3O4S. The number of anilines is 1. The van der Waals surface area contributed by atoms with Crippen LogP contribution >= 0.6 is 11.8 Å². The molecule has 7 atom stereocenters. The maximum atomic E-state index is 14.7. The molecule has 0 radical (unpaired) electrons. The summed E-state index contributed by atoms with van der Waals surface area (Å²) in [5.74, 6) is -1.81. The molecule has 7 nitrogen and oxygen atoms in total. The number of amides is 3. The Morgan fingerprint density at radius 1 is 1.00 bits per heavy atom. The molecule has 1 N–H and O–H groups in total. The molecule has 4 aliphatic heterocycles. The van der Waals surface area contributed by atoms with Crippen LogP contribution in [0.15, 0.2) is 54.6 Å². The minimum Gasteiger partial charge on any atom is -0.394 e. The third-order valence-electron chi connectivity index (χ3n) is 9.22. The first kappa shape index (κ1) is 28.0. The summed E-state index contributed by atoms with van der Waals surface area (Å²) in [4.78, 5) is 48.9. The minimum atomic E-state index is -0.922. The van der Waals surface area contributed by atoms with Gasteiger partial charge in [-0.15, -0.1) is 11.8 Å². The van der Waals surface area contributed by atoms with Crippen molar-refractivity contribution in [3.8, 4) is 0 Å². The van der Waals surface area contributed by atoms with Crippen LogP contribution in [0.4, 0.5) is 5.69 Å². The number of nitrogens with zero attached hydrogens (tertiary/aromatic N) is 3. The van der Waals surface area contributed by atoms with Gasteiger partial charge < -0.3 is 19.8 Å². The predicted octanol–water partition coefficient (Wildman–Crippen LogP) is 3.88. The normalized spacial score (nSPS) is 34.0. The Labute approximate surface area is 236 Å². The molecule has 4 aliphatic rings. The van der Waals surface area contributed by atoms with Crippen LogP contribution in [0.1, 0.15) is 48.0 Å². The van der Waals surface area contributed by atoms with E-state index in [0.717, 1.165) is 12.1 Å². The van der Waals surface area contributed by atoms with Crippen molar-refractivity contribution in [3.63, 3.8) is 0 Å². The second-order valence-electron chi connectivity index (χ2n) is 12.6. The monoisotopic (exact) mass is 551 g/mol. The molecule has 3 amide bonds. The van der Waals surface area contributed by atoms with Crippen LogP contribution in [0.5, 0.6) is 0 Å². The van der Waals surface area contributed by atoms with Gasteiger partial charge in [-0.25, -0.2) is 0 Å². The number of aliphatic hydroxyl groups excluding tert-OH is 1. The number of rotatable bonds is 5. The lowest BCUT2D eigenvalue weighted by atomic mass is 9.74. The van der Waals surface area contributed by atoms with E-state index in [1.54, 1.807) is 21.6 Å². The molecule has 1 spiro atoms. The number of fused-ring (bicyclic) bond motifs is 2. The molecule has 2 fully saturated rings. The van der Waals surface area contributed by atoms with Gasteiger partial charge in [0.05, 0.1) is 29.2 Å². The summed E-state index contributed by atoms with van der Waals surface area (Å²) in [6.45, 7) is 12.7. The van der Waals surface area contributed by atoms with Crippen molar-refractivity contribution in [1.29, 1.82) is 0 Å². The van der Waals surface area contributed by atoms with Crippen molar-refractivity contribution in [2.45, 2.75) is 75.1 Å². The maximum absolute atomic E-state index is 14.7. The first-order valence-corrected chi connectivity index (χ1v) is 14.9. The van der Waals surface area contributed by atoms with Crippen molar-refractivity contribution < 1.29 is 19.5 Å². The summed E-state index contributed by atoms with van der Waals surface area (Å²) >= 11 is 1.58. The molecule has 4 heterocycles. The number of likely N-dealkylation sites (tertiary alicyclic amines) is 1. The number of carbonyl (C=O) groups excluding carboxylic acids is 3. The quantitative estimate of drug-likeness (QED) is 0.562. The van der Waals surface area contributed by atoms with Crippen molar-refractivity contribution in [1.82, 2.24) is 9.80 Å². The Balaban J connectivity index is 1.69. The van der Waals surface area contributed by atoms with Crippen molar-refractivity contribution in [2.75, 3.05) is 24.6 Å². The molecule has 39 heavy (non-hydrogen) atoms. The van der Waals surface area contributed by atoms with E-state index in [9.17, 15) is 19.5 Å². The molecule has 0 aromatic heterocycles. The second kappa shape index (κ2) is 9.81. The standard InChI is InChI=1S/C31H41N3O4S/c1-7-20(2)22(19-35)34-25-28(38)33(29(3,4)5)18-12-16-31(25)24(27(34)37)23-26(36)32(21-13-9-8-10-14-21)17-11-15-30(23,6)39-31/h8-16,20,22-25,35H,7,17-19H2,1-6H3/t20-,22-,23+,24-,25?,30-,31-/m0/s1. The highest BCUT2D eigenvalue weighted by Gasteiger charge is 2.75. The Morgan fingerprint density at radius 2 is 1.67 bits per heavy atom. The SMILES string of the molecule is CC[C@H](C)[C@H](CO)N1C(=O)[C@@H]2[C@@H]3C(=O)N(c4ccccc4)CC=C[C@]3(C)S[C@@]23C=CCN(C(C)(C)C)C(=O)C13. The van der Waals surface area contributed by atoms with Crippen LogP contribution in [0.3, 0.4) is 0 Å². The van der Waals surface area contributed by atoms with Gasteiger partial charge >= 0.3 is 0 Å². The largest absolute Gasteiger partial charge is 0.394 e. The van der Waals surface area contributed by atoms with Gasteiger partial charge in [-0.1, -0.05) is 62.8 Å². The smallest absolute Gasteiger partial charge is 0.247 e. The molecule has 8 heteroatoms. The summed E-state index contributed by atoms with van der Waals surface area (Å²) in [5, 5.41) is 10.6. The summed E-state index contributed by atoms with van der Waals surface area (Å²) in [5.41, 5.74) is 0.336. The maximum Gasteiger partial charge on any atom is 0.247 e. The average molecular weight is 552 g/mol. The fourth-order valence-electron chi connectivity index (χ4n) is 7.08. The summed E-state index contributed by atoms with van der Waals surface area (Å²) in [7, 11) is 0. The number of carbonyl (C=O) groups is 3. The predicted molar refractivity (Wildman–Crippen MR) is 155 cm³/mol. The van der Waals surface area contributed by atoms with Crippen LogP contribution in [-0.2, 0) is 14.4 Å². The van der Waals surface area contributed by atoms with Gasteiger partial charge in [-0.2, -0.15) is 0 Å². The topological polar surface area (TPSA) is 81.2 Å². The Kier molecular flexibility index (Phi) is 7.03. The molecule has 210 valence electrons. The lowest BCUT2D eigenvalue weighted by Crippen LogP contribution is -2.60. The third-order valence-corrected chi connectivity index (χ3v) is 11.0. The van der Waals surface area contributed by atoms with Crippen molar-refractivity contribution >= 4 is 35.2 Å². The number of hydrogen-bond acceptors (Lipinski definition) is 5. The molecule has 0 bridgehead atoms. The fourth-order valence-corrected chi connectivity index (χ4v) is 9.22. The van der Waals surface area contributed by atoms with E-state index in [0.29, 0.717) is 13.1 Å². The molecular weight excluding hydrogens is 510 g/mol. The van der Waals surface area contributed by atoms with Crippen LogP contribution in [0.2, 0.25) is 0 Å². The lowest BCUT2D eigenvalue weighted by molar-refractivity contribution is -0.149. The molecule has 0 aliphatic carbocycles. The highest BCUT2D eigenvalue weighted by Crippen LogP contribution is 2.66. The molecule has 0 saturated carbocycles. The van der Waals surface area contributed by atoms with E-state index < -0.39 is 39.0 Å². The average Bonchev–Trinajstić information content (AvgIpc) is 3.15. The molecule has 1 unspecified atom stereocenters. The number of thioether (sulfide) groups is 1. The highest BCUT2D eigenvalue weighted by molar-refractivity contribution is 8.02. The summed E-state index contributed by atoms with van der Waals surface area (Å²) in [6, 6.07) is 8.25. The molecule has 2 saturated heterocycles. The van der Waals surface area contributed by atoms with Crippen LogP contribution in [0.25, 0.3) is 0 Å². The van der Waals surface area contributed by atoms with E-state index in [-0.39, 0.29) is 30.2 Å². The van der Waals surface area contributed by atoms with E-state index in [2.05, 4.69) is 6.08 Å². The van der Waals surface area contributed by atoms with Gasteiger partial charge in [0.2, 0.25) is 17.7 Å². The van der Waals surface area contributed by atoms with Crippen molar-refractivity contribution in [3.05, 3.63) is 54.6 Å². The first-order valence-electron chi connectivity index (χ1n) is 14.1. The van der Waals surface area contributed by atoms with Crippen LogP contribution in [-0.4, -0.2) is 79.4 Å². The van der Waals surface area contributed by atoms with Crippen LogP contribution < -0.4 is 4.90 Å². The number of para-hydroxylation sites is 1. The Bertz CT molecular complexity index is 1210. The second-order valence-corrected chi connectivity index (χ2v) is 14.4. The van der Waals surface area contributed by atoms with E-state index in [4.69, 9.17) is 0 Å². The molecule has 1 aromatic carbocycles. The zero-order chi connectivity index (χ0) is 28.3. The minimum absolute atomic E-state index is 0.0140. The Hall–Kier alpha value is -2.58. The van der Waals surface area contributed by atoms with E-state index in [1.165, 1.54) is 0 Å². The van der Waals surface area contributed by atoms with Gasteiger partial charge in [-0.05, 0) is 45.7 Å². The number of aliphatic hydroxyl groups is 1. The van der Waals surface area contributed by atoms with Crippen molar-refractivity contribution in [2.24, 2.45) is 17.8 Å². The van der Waals surface area contributed by atoms with Gasteiger partial charge in [0.15, 0.2) is 0 Å². The van der Waals surface area contributed by atoms with Crippen LogP contribution in [0, 0.1) is 17.8 Å². The summed E-state index contributed by atoms with van der Waals surface area (Å²) in [6.07, 6.45) is 8.91. The van der Waals surface area contributed by atoms with Gasteiger partial charge in [0.25, 0.3) is 0 Å².